The number of hydrogen-bond acceptors (Lipinski definition) is 6. The topological polar surface area (TPSA) is 70.6 Å². The normalized spacial score (nSPS) is 23.0. The number of nitrogens with one attached hydrogen (secondary N) is 1. The van der Waals surface area contributed by atoms with Gasteiger partial charge in [-0.1, -0.05) is 18.3 Å². The van der Waals surface area contributed by atoms with Gasteiger partial charge in [-0.05, 0) is 19.3 Å². The molecule has 1 unspecified atom stereocenters. The summed E-state index contributed by atoms with van der Waals surface area (Å²) in [6.45, 7) is 7.23. The van der Waals surface area contributed by atoms with Crippen molar-refractivity contribution in [3.05, 3.63) is 5.01 Å². The fourth-order valence-electron chi connectivity index (χ4n) is 2.83. The molecule has 1 N–H and O–H groups in total. The number of piperazine rings is 1. The number of amides is 2. The summed E-state index contributed by atoms with van der Waals surface area (Å²) in [5.41, 5.74) is 0. The number of urea groups is 1. The molecule has 2 aliphatic heterocycles. The maximum Gasteiger partial charge on any atom is 0.323 e. The van der Waals surface area contributed by atoms with E-state index in [0.717, 1.165) is 57.2 Å². The van der Waals surface area contributed by atoms with Crippen LogP contribution >= 0.6 is 11.3 Å². The Hall–Kier alpha value is -1.25. The Balaban J connectivity index is 1.43. The average Bonchev–Trinajstić information content (AvgIpc) is 3.19. The fraction of sp³-hybridized carbons (Fsp3) is 0.786. The molecule has 1 aromatic rings. The van der Waals surface area contributed by atoms with Gasteiger partial charge in [0.25, 0.3) is 0 Å². The summed E-state index contributed by atoms with van der Waals surface area (Å²) < 4.78 is 5.67. The van der Waals surface area contributed by atoms with E-state index in [4.69, 9.17) is 4.74 Å². The smallest absolute Gasteiger partial charge is 0.323 e. The minimum Gasteiger partial charge on any atom is -0.377 e. The van der Waals surface area contributed by atoms with Crippen LogP contribution in [0.2, 0.25) is 0 Å². The number of anilines is 1. The zero-order valence-electron chi connectivity index (χ0n) is 13.0. The molecule has 22 heavy (non-hydrogen) atoms. The van der Waals surface area contributed by atoms with Gasteiger partial charge in [0.05, 0.1) is 6.10 Å². The Labute approximate surface area is 134 Å². The van der Waals surface area contributed by atoms with Crippen LogP contribution in [-0.2, 0) is 11.2 Å². The van der Waals surface area contributed by atoms with E-state index in [1.54, 1.807) is 0 Å². The second-order valence-corrected chi connectivity index (χ2v) is 6.77. The molecule has 8 heteroatoms. The van der Waals surface area contributed by atoms with Gasteiger partial charge in [-0.25, -0.2) is 4.79 Å². The lowest BCUT2D eigenvalue weighted by atomic mass is 10.2. The van der Waals surface area contributed by atoms with Crippen LogP contribution in [0.3, 0.4) is 0 Å². The van der Waals surface area contributed by atoms with Gasteiger partial charge >= 0.3 is 6.03 Å². The molecule has 0 aliphatic carbocycles. The molecule has 0 aromatic carbocycles. The number of ether oxygens (including phenoxy) is 1. The first kappa shape index (κ1) is 15.6. The Morgan fingerprint density at radius 1 is 1.36 bits per heavy atom. The molecule has 2 aliphatic rings. The Morgan fingerprint density at radius 2 is 2.18 bits per heavy atom. The average molecular weight is 325 g/mol. The summed E-state index contributed by atoms with van der Waals surface area (Å²) >= 11 is 1.44. The molecule has 0 bridgehead atoms. The Bertz CT molecular complexity index is 495. The van der Waals surface area contributed by atoms with Crippen LogP contribution in [0.4, 0.5) is 9.93 Å². The first-order valence-electron chi connectivity index (χ1n) is 7.97. The van der Waals surface area contributed by atoms with E-state index in [1.807, 2.05) is 11.8 Å². The maximum absolute atomic E-state index is 12.2. The van der Waals surface area contributed by atoms with E-state index < -0.39 is 0 Å². The first-order valence-corrected chi connectivity index (χ1v) is 8.78. The van der Waals surface area contributed by atoms with E-state index in [1.165, 1.54) is 17.8 Å². The van der Waals surface area contributed by atoms with Crippen LogP contribution in [0.25, 0.3) is 0 Å². The summed E-state index contributed by atoms with van der Waals surface area (Å²) in [5, 5.41) is 12.4. The molecule has 0 saturated carbocycles. The van der Waals surface area contributed by atoms with Gasteiger partial charge < -0.3 is 9.64 Å². The van der Waals surface area contributed by atoms with E-state index in [2.05, 4.69) is 20.4 Å². The van der Waals surface area contributed by atoms with Gasteiger partial charge in [0.1, 0.15) is 5.01 Å². The summed E-state index contributed by atoms with van der Waals surface area (Å²) in [4.78, 5) is 16.5. The van der Waals surface area contributed by atoms with Gasteiger partial charge in [0.2, 0.25) is 5.13 Å². The van der Waals surface area contributed by atoms with Gasteiger partial charge in [-0.3, -0.25) is 10.2 Å². The maximum atomic E-state index is 12.2. The molecule has 0 radical (unpaired) electrons. The highest BCUT2D eigenvalue weighted by molar-refractivity contribution is 7.15. The summed E-state index contributed by atoms with van der Waals surface area (Å²) in [5.74, 6) is 0. The molecule has 2 amide bonds. The van der Waals surface area contributed by atoms with Crippen LogP contribution in [0.5, 0.6) is 0 Å². The van der Waals surface area contributed by atoms with E-state index in [-0.39, 0.29) is 6.03 Å². The highest BCUT2D eigenvalue weighted by Crippen LogP contribution is 2.17. The zero-order valence-corrected chi connectivity index (χ0v) is 13.8. The number of nitrogens with zero attached hydrogens (tertiary/aromatic N) is 4. The van der Waals surface area contributed by atoms with Gasteiger partial charge in [-0.2, -0.15) is 0 Å². The molecule has 2 saturated heterocycles. The standard InChI is InChI=1S/C14H23N5O2S/c1-2-12-16-17-13(22-12)15-14(20)19-7-5-18(6-8-19)10-11-4-3-9-21-11/h11H,2-10H2,1H3,(H,15,17,20). The van der Waals surface area contributed by atoms with Crippen molar-refractivity contribution in [3.8, 4) is 0 Å². The van der Waals surface area contributed by atoms with Crippen LogP contribution in [0.15, 0.2) is 0 Å². The second kappa shape index (κ2) is 7.34. The van der Waals surface area contributed by atoms with Gasteiger partial charge in [-0.15, -0.1) is 10.2 Å². The molecular formula is C14H23N5O2S. The number of aryl methyl sites for hydroxylation is 1. The minimum absolute atomic E-state index is 0.0735. The number of hydrogen-bond donors (Lipinski definition) is 1. The third-order valence-corrected chi connectivity index (χ3v) is 5.11. The molecule has 1 atom stereocenters. The summed E-state index contributed by atoms with van der Waals surface area (Å²) in [7, 11) is 0. The van der Waals surface area contributed by atoms with Crippen molar-refractivity contribution >= 4 is 22.5 Å². The SMILES string of the molecule is CCc1nnc(NC(=O)N2CCN(CC3CCCO3)CC2)s1. The molecular weight excluding hydrogens is 302 g/mol. The van der Waals surface area contributed by atoms with Crippen molar-refractivity contribution < 1.29 is 9.53 Å². The monoisotopic (exact) mass is 325 g/mol. The molecule has 3 heterocycles. The first-order chi connectivity index (χ1) is 10.7. The van der Waals surface area contributed by atoms with Crippen LogP contribution in [0.1, 0.15) is 24.8 Å². The molecule has 7 nitrogen and oxygen atoms in total. The van der Waals surface area contributed by atoms with Crippen LogP contribution < -0.4 is 5.32 Å². The lowest BCUT2D eigenvalue weighted by Gasteiger charge is -2.35. The van der Waals surface area contributed by atoms with Crippen LogP contribution in [-0.4, -0.2) is 71.5 Å². The lowest BCUT2D eigenvalue weighted by molar-refractivity contribution is 0.0572. The van der Waals surface area contributed by atoms with E-state index >= 15 is 0 Å². The Kier molecular flexibility index (Phi) is 5.22. The highest BCUT2D eigenvalue weighted by Gasteiger charge is 2.25. The van der Waals surface area contributed by atoms with Crippen molar-refractivity contribution in [2.24, 2.45) is 0 Å². The molecule has 122 valence electrons. The highest BCUT2D eigenvalue weighted by atomic mass is 32.1. The second-order valence-electron chi connectivity index (χ2n) is 5.71. The largest absolute Gasteiger partial charge is 0.377 e. The van der Waals surface area contributed by atoms with Crippen molar-refractivity contribution in [1.82, 2.24) is 20.0 Å². The van der Waals surface area contributed by atoms with E-state index in [0.29, 0.717) is 11.2 Å². The predicted molar refractivity (Wildman–Crippen MR) is 85.3 cm³/mol. The van der Waals surface area contributed by atoms with Crippen molar-refractivity contribution in [3.63, 3.8) is 0 Å². The molecule has 1 aromatic heterocycles. The predicted octanol–water partition coefficient (Wildman–Crippen LogP) is 1.43. The molecule has 3 rings (SSSR count). The summed E-state index contributed by atoms with van der Waals surface area (Å²) in [6.07, 6.45) is 3.57. The Morgan fingerprint density at radius 3 is 2.82 bits per heavy atom. The van der Waals surface area contributed by atoms with Crippen molar-refractivity contribution in [1.29, 1.82) is 0 Å². The van der Waals surface area contributed by atoms with Gasteiger partial charge in [0.15, 0.2) is 0 Å². The fourth-order valence-corrected chi connectivity index (χ4v) is 3.50. The van der Waals surface area contributed by atoms with Crippen LogP contribution in [0, 0.1) is 0 Å². The number of aromatic nitrogens is 2. The number of carbonyl (C=O) groups excluding carboxylic acids is 1. The van der Waals surface area contributed by atoms with Crippen molar-refractivity contribution in [2.45, 2.75) is 32.3 Å². The third kappa shape index (κ3) is 3.93. The lowest BCUT2D eigenvalue weighted by Crippen LogP contribution is -2.51. The van der Waals surface area contributed by atoms with Crippen molar-refractivity contribution in [2.75, 3.05) is 44.6 Å². The van der Waals surface area contributed by atoms with Gasteiger partial charge in [0, 0.05) is 39.3 Å². The molecule has 2 fully saturated rings. The number of rotatable bonds is 4. The zero-order chi connectivity index (χ0) is 15.4. The minimum atomic E-state index is -0.0735. The number of carbonyl (C=O) groups is 1. The third-order valence-electron chi connectivity index (χ3n) is 4.13. The quantitative estimate of drug-likeness (QED) is 0.907. The van der Waals surface area contributed by atoms with E-state index in [9.17, 15) is 4.79 Å². The molecule has 0 spiro atoms. The summed E-state index contributed by atoms with van der Waals surface area (Å²) in [6, 6.07) is -0.0735.